The van der Waals surface area contributed by atoms with Crippen LogP contribution in [0.1, 0.15) is 48.6 Å². The number of rotatable bonds is 11. The monoisotopic (exact) mass is 476 g/mol. The Morgan fingerprint density at radius 2 is 1.80 bits per heavy atom. The molecule has 1 atom stereocenters. The molecule has 1 aliphatic heterocycles. The number of aliphatic hydroxyl groups is 1. The average molecular weight is 477 g/mol. The Morgan fingerprint density at radius 1 is 1.11 bits per heavy atom. The van der Waals surface area contributed by atoms with Crippen LogP contribution in [0.3, 0.4) is 0 Å². The third-order valence-corrected chi connectivity index (χ3v) is 6.52. The van der Waals surface area contributed by atoms with Crippen LogP contribution >= 0.6 is 0 Å². The first-order valence-electron chi connectivity index (χ1n) is 12.2. The molecule has 1 saturated heterocycles. The molecule has 35 heavy (non-hydrogen) atoms. The number of hydrogen-bond donors (Lipinski definition) is 1. The van der Waals surface area contributed by atoms with Crippen LogP contribution in [0, 0.1) is 13.8 Å². The number of hydrogen-bond acceptors (Lipinski definition) is 5. The van der Waals surface area contributed by atoms with Crippen molar-refractivity contribution in [2.75, 3.05) is 32.8 Å². The Morgan fingerprint density at radius 3 is 2.43 bits per heavy atom. The molecule has 0 bridgehead atoms. The molecule has 0 spiro atoms. The molecule has 1 heterocycles. The van der Waals surface area contributed by atoms with Crippen molar-refractivity contribution in [1.29, 1.82) is 0 Å². The summed E-state index contributed by atoms with van der Waals surface area (Å²) in [6.07, 6.45) is 2.40. The van der Waals surface area contributed by atoms with Gasteiger partial charge in [-0.2, -0.15) is 0 Å². The predicted molar refractivity (Wildman–Crippen MR) is 139 cm³/mol. The second-order valence-corrected chi connectivity index (χ2v) is 8.86. The van der Waals surface area contributed by atoms with E-state index >= 15 is 0 Å². The molecule has 0 saturated carbocycles. The number of aliphatic hydroxyl groups excluding tert-OH is 1. The van der Waals surface area contributed by atoms with Gasteiger partial charge in [0, 0.05) is 12.1 Å². The minimum absolute atomic E-state index is 0.131. The highest BCUT2D eigenvalue weighted by atomic mass is 16.5. The minimum Gasteiger partial charge on any atom is -0.507 e. The van der Waals surface area contributed by atoms with E-state index in [2.05, 4.69) is 25.3 Å². The number of benzene rings is 2. The molecule has 1 aliphatic rings. The summed E-state index contributed by atoms with van der Waals surface area (Å²) in [6.45, 7) is 15.2. The Hall–Kier alpha value is -3.38. The van der Waals surface area contributed by atoms with E-state index in [0.717, 1.165) is 42.7 Å². The largest absolute Gasteiger partial charge is 0.507 e. The van der Waals surface area contributed by atoms with E-state index in [4.69, 9.17) is 4.74 Å². The minimum atomic E-state index is -0.667. The third kappa shape index (κ3) is 5.82. The van der Waals surface area contributed by atoms with Gasteiger partial charge in [0.25, 0.3) is 11.7 Å². The number of ketones is 1. The van der Waals surface area contributed by atoms with Gasteiger partial charge in [-0.1, -0.05) is 56.3 Å². The van der Waals surface area contributed by atoms with E-state index < -0.39 is 17.7 Å². The molecule has 1 N–H and O–H groups in total. The number of nitrogens with zero attached hydrogens (tertiary/aromatic N) is 2. The Kier molecular flexibility index (Phi) is 8.88. The normalized spacial score (nSPS) is 17.3. The summed E-state index contributed by atoms with van der Waals surface area (Å²) >= 11 is 0. The van der Waals surface area contributed by atoms with Crippen LogP contribution in [0.5, 0.6) is 5.75 Å². The standard InChI is InChI=1S/C29H36N2O4/c1-6-18-35-23-14-12-22(13-15-23)26-25(27(32)24-19-20(4)10-11-21(24)5)28(33)29(34)31(26)17-9-16-30(7-2)8-3/h6,10-15,19,26,32H,1,7-9,16-18H2,2-5H3. The number of carbonyl (C=O) groups excluding carboxylic acids is 2. The molecule has 0 aromatic heterocycles. The fourth-order valence-electron chi connectivity index (χ4n) is 4.50. The zero-order valence-electron chi connectivity index (χ0n) is 21.2. The maximum atomic E-state index is 13.3. The summed E-state index contributed by atoms with van der Waals surface area (Å²) < 4.78 is 5.60. The van der Waals surface area contributed by atoms with Crippen LogP contribution < -0.4 is 4.74 Å². The number of Topliss-reactive ketones (excluding diaryl/α,β-unsaturated/α-hetero) is 1. The highest BCUT2D eigenvalue weighted by molar-refractivity contribution is 6.46. The average Bonchev–Trinajstić information content (AvgIpc) is 3.11. The van der Waals surface area contributed by atoms with Gasteiger partial charge in [0.15, 0.2) is 0 Å². The van der Waals surface area contributed by atoms with Crippen LogP contribution in [-0.4, -0.2) is 59.4 Å². The number of aryl methyl sites for hydroxylation is 2. The van der Waals surface area contributed by atoms with Crippen molar-refractivity contribution < 1.29 is 19.4 Å². The Labute approximate surface area is 208 Å². The zero-order valence-corrected chi connectivity index (χ0v) is 21.2. The van der Waals surface area contributed by atoms with Gasteiger partial charge in [-0.15, -0.1) is 0 Å². The van der Waals surface area contributed by atoms with Crippen molar-refractivity contribution in [3.63, 3.8) is 0 Å². The fourth-order valence-corrected chi connectivity index (χ4v) is 4.50. The second-order valence-electron chi connectivity index (χ2n) is 8.86. The number of likely N-dealkylation sites (tertiary alicyclic amines) is 1. The van der Waals surface area contributed by atoms with Crippen molar-refractivity contribution in [2.24, 2.45) is 0 Å². The zero-order chi connectivity index (χ0) is 25.5. The molecule has 6 heteroatoms. The van der Waals surface area contributed by atoms with E-state index in [-0.39, 0.29) is 11.3 Å². The lowest BCUT2D eigenvalue weighted by molar-refractivity contribution is -0.140. The maximum Gasteiger partial charge on any atom is 0.295 e. The maximum absolute atomic E-state index is 13.3. The first kappa shape index (κ1) is 26.2. The predicted octanol–water partition coefficient (Wildman–Crippen LogP) is 5.02. The molecule has 1 unspecified atom stereocenters. The van der Waals surface area contributed by atoms with E-state index in [9.17, 15) is 14.7 Å². The van der Waals surface area contributed by atoms with Crippen LogP contribution in [0.25, 0.3) is 5.76 Å². The molecule has 0 radical (unpaired) electrons. The van der Waals surface area contributed by atoms with Gasteiger partial charge in [-0.3, -0.25) is 9.59 Å². The van der Waals surface area contributed by atoms with Gasteiger partial charge < -0.3 is 19.6 Å². The van der Waals surface area contributed by atoms with Gasteiger partial charge >= 0.3 is 0 Å². The van der Waals surface area contributed by atoms with Gasteiger partial charge in [0.2, 0.25) is 0 Å². The molecule has 6 nitrogen and oxygen atoms in total. The summed E-state index contributed by atoms with van der Waals surface area (Å²) in [4.78, 5) is 30.3. The van der Waals surface area contributed by atoms with Crippen LogP contribution in [0.4, 0.5) is 0 Å². The first-order chi connectivity index (χ1) is 16.8. The van der Waals surface area contributed by atoms with E-state index in [0.29, 0.717) is 24.5 Å². The van der Waals surface area contributed by atoms with Crippen molar-refractivity contribution in [2.45, 2.75) is 40.2 Å². The number of ether oxygens (including phenoxy) is 1. The highest BCUT2D eigenvalue weighted by Crippen LogP contribution is 2.40. The molecule has 1 amide bonds. The molecule has 2 aromatic carbocycles. The van der Waals surface area contributed by atoms with Crippen LogP contribution in [0.15, 0.2) is 60.7 Å². The molecule has 1 fully saturated rings. The van der Waals surface area contributed by atoms with Crippen molar-refractivity contribution >= 4 is 17.4 Å². The number of amides is 1. The van der Waals surface area contributed by atoms with Crippen LogP contribution in [-0.2, 0) is 9.59 Å². The lowest BCUT2D eigenvalue weighted by Gasteiger charge is -2.27. The summed E-state index contributed by atoms with van der Waals surface area (Å²) in [7, 11) is 0. The summed E-state index contributed by atoms with van der Waals surface area (Å²) in [5.74, 6) is -0.689. The molecular weight excluding hydrogens is 440 g/mol. The lowest BCUT2D eigenvalue weighted by Crippen LogP contribution is -2.33. The molecule has 0 aliphatic carbocycles. The lowest BCUT2D eigenvalue weighted by atomic mass is 9.93. The van der Waals surface area contributed by atoms with Gasteiger partial charge in [-0.25, -0.2) is 0 Å². The van der Waals surface area contributed by atoms with E-state index in [1.165, 1.54) is 0 Å². The van der Waals surface area contributed by atoms with E-state index in [1.807, 2.05) is 56.3 Å². The fraction of sp³-hybridized carbons (Fsp3) is 0.379. The summed E-state index contributed by atoms with van der Waals surface area (Å²) in [6, 6.07) is 12.4. The highest BCUT2D eigenvalue weighted by Gasteiger charge is 2.45. The van der Waals surface area contributed by atoms with Crippen molar-refractivity contribution in [3.05, 3.63) is 82.9 Å². The van der Waals surface area contributed by atoms with Crippen LogP contribution in [0.2, 0.25) is 0 Å². The molecular formula is C29H36N2O4. The van der Waals surface area contributed by atoms with Gasteiger partial charge in [0.05, 0.1) is 11.6 Å². The third-order valence-electron chi connectivity index (χ3n) is 6.52. The Bertz CT molecular complexity index is 1100. The summed E-state index contributed by atoms with van der Waals surface area (Å²) in [5.41, 5.74) is 3.26. The molecule has 3 rings (SSSR count). The van der Waals surface area contributed by atoms with Gasteiger partial charge in [0.1, 0.15) is 18.1 Å². The van der Waals surface area contributed by atoms with Gasteiger partial charge in [-0.05, 0) is 69.2 Å². The Balaban J connectivity index is 2.05. The first-order valence-corrected chi connectivity index (χ1v) is 12.2. The molecule has 2 aromatic rings. The topological polar surface area (TPSA) is 70.1 Å². The quantitative estimate of drug-likeness (QED) is 0.213. The number of carbonyl (C=O) groups is 2. The van der Waals surface area contributed by atoms with E-state index in [1.54, 1.807) is 11.0 Å². The molecule has 186 valence electrons. The summed E-state index contributed by atoms with van der Waals surface area (Å²) in [5, 5.41) is 11.4. The smallest absolute Gasteiger partial charge is 0.295 e. The SMILES string of the molecule is C=CCOc1ccc(C2C(=C(O)c3cc(C)ccc3C)C(=O)C(=O)N2CCCN(CC)CC)cc1. The van der Waals surface area contributed by atoms with Crippen molar-refractivity contribution in [3.8, 4) is 5.75 Å². The van der Waals surface area contributed by atoms with Crippen molar-refractivity contribution in [1.82, 2.24) is 9.80 Å². The second kappa shape index (κ2) is 11.8.